The fourth-order valence-corrected chi connectivity index (χ4v) is 2.33. The lowest BCUT2D eigenvalue weighted by molar-refractivity contribution is -0.118. The number of amides is 1. The lowest BCUT2D eigenvalue weighted by Gasteiger charge is -2.10. The molecule has 0 aromatic heterocycles. The number of aldehydes is 1. The minimum absolute atomic E-state index is 0.154. The molecular weight excluding hydrogens is 346 g/mol. The summed E-state index contributed by atoms with van der Waals surface area (Å²) in [5.41, 5.74) is 2.28. The standard InChI is InChI=1S/C17H16BrNO3/c1-2-12-4-3-5-15(8-12)19-17(21)11-22-16-7-6-14(18)9-13(16)10-20/h3-10H,2,11H2,1H3,(H,19,21). The molecule has 1 amide bonds. The Labute approximate surface area is 137 Å². The van der Waals surface area contributed by atoms with Gasteiger partial charge in [0.25, 0.3) is 5.91 Å². The van der Waals surface area contributed by atoms with Crippen molar-refractivity contribution in [2.24, 2.45) is 0 Å². The smallest absolute Gasteiger partial charge is 0.262 e. The van der Waals surface area contributed by atoms with Gasteiger partial charge in [-0.1, -0.05) is 35.0 Å². The van der Waals surface area contributed by atoms with Crippen LogP contribution >= 0.6 is 15.9 Å². The van der Waals surface area contributed by atoms with Gasteiger partial charge in [0.2, 0.25) is 0 Å². The highest BCUT2D eigenvalue weighted by molar-refractivity contribution is 9.10. The first-order valence-corrected chi connectivity index (χ1v) is 7.68. The van der Waals surface area contributed by atoms with Crippen molar-refractivity contribution in [2.75, 3.05) is 11.9 Å². The molecule has 0 heterocycles. The number of anilines is 1. The van der Waals surface area contributed by atoms with Crippen LogP contribution in [0.1, 0.15) is 22.8 Å². The molecule has 114 valence electrons. The third-order valence-electron chi connectivity index (χ3n) is 3.08. The molecule has 1 N–H and O–H groups in total. The van der Waals surface area contributed by atoms with E-state index in [1.54, 1.807) is 18.2 Å². The Morgan fingerprint density at radius 1 is 1.27 bits per heavy atom. The van der Waals surface area contributed by atoms with E-state index < -0.39 is 0 Å². The van der Waals surface area contributed by atoms with Crippen LogP contribution in [0.25, 0.3) is 0 Å². The summed E-state index contributed by atoms with van der Waals surface area (Å²) in [7, 11) is 0. The number of carbonyl (C=O) groups is 2. The molecular formula is C17H16BrNO3. The Bertz CT molecular complexity index is 685. The quantitative estimate of drug-likeness (QED) is 0.795. The van der Waals surface area contributed by atoms with Gasteiger partial charge in [-0.15, -0.1) is 0 Å². The third kappa shape index (κ3) is 4.43. The van der Waals surface area contributed by atoms with Crippen molar-refractivity contribution >= 4 is 33.8 Å². The number of halogens is 1. The maximum atomic E-state index is 11.9. The van der Waals surface area contributed by atoms with E-state index >= 15 is 0 Å². The first kappa shape index (κ1) is 16.2. The van der Waals surface area contributed by atoms with Crippen LogP contribution in [0.15, 0.2) is 46.9 Å². The van der Waals surface area contributed by atoms with Crippen LogP contribution in [-0.2, 0) is 11.2 Å². The van der Waals surface area contributed by atoms with Gasteiger partial charge in [-0.3, -0.25) is 9.59 Å². The Balaban J connectivity index is 1.96. The van der Waals surface area contributed by atoms with E-state index in [0.717, 1.165) is 22.1 Å². The lowest BCUT2D eigenvalue weighted by Crippen LogP contribution is -2.20. The van der Waals surface area contributed by atoms with Crippen molar-refractivity contribution in [3.63, 3.8) is 0 Å². The van der Waals surface area contributed by atoms with Crippen LogP contribution in [0.4, 0.5) is 5.69 Å². The van der Waals surface area contributed by atoms with E-state index in [1.807, 2.05) is 24.3 Å². The zero-order valence-electron chi connectivity index (χ0n) is 12.1. The second-order valence-electron chi connectivity index (χ2n) is 4.69. The van der Waals surface area contributed by atoms with Crippen molar-refractivity contribution in [1.82, 2.24) is 0 Å². The van der Waals surface area contributed by atoms with Crippen LogP contribution < -0.4 is 10.1 Å². The number of carbonyl (C=O) groups excluding carboxylic acids is 2. The lowest BCUT2D eigenvalue weighted by atomic mass is 10.1. The SMILES string of the molecule is CCc1cccc(NC(=O)COc2ccc(Br)cc2C=O)c1. The van der Waals surface area contributed by atoms with Gasteiger partial charge in [-0.2, -0.15) is 0 Å². The van der Waals surface area contributed by atoms with Crippen molar-refractivity contribution in [2.45, 2.75) is 13.3 Å². The molecule has 0 aliphatic carbocycles. The summed E-state index contributed by atoms with van der Waals surface area (Å²) in [6, 6.07) is 12.7. The Hall–Kier alpha value is -2.14. The van der Waals surface area contributed by atoms with Crippen molar-refractivity contribution in [3.05, 3.63) is 58.1 Å². The molecule has 0 radical (unpaired) electrons. The van der Waals surface area contributed by atoms with Crippen molar-refractivity contribution in [3.8, 4) is 5.75 Å². The monoisotopic (exact) mass is 361 g/mol. The van der Waals surface area contributed by atoms with Crippen LogP contribution in [0.3, 0.4) is 0 Å². The molecule has 0 saturated heterocycles. The molecule has 4 nitrogen and oxygen atoms in total. The summed E-state index contributed by atoms with van der Waals surface area (Å²) in [6.07, 6.45) is 1.60. The Kier molecular flexibility index (Phi) is 5.72. The van der Waals surface area contributed by atoms with E-state index in [9.17, 15) is 9.59 Å². The van der Waals surface area contributed by atoms with Gasteiger partial charge in [-0.05, 0) is 42.3 Å². The first-order valence-electron chi connectivity index (χ1n) is 6.88. The molecule has 2 aromatic rings. The summed E-state index contributed by atoms with van der Waals surface area (Å²) in [6.45, 7) is 1.90. The van der Waals surface area contributed by atoms with Gasteiger partial charge in [0.1, 0.15) is 5.75 Å². The summed E-state index contributed by atoms with van der Waals surface area (Å²) >= 11 is 3.28. The maximum absolute atomic E-state index is 11.9. The molecule has 0 bridgehead atoms. The van der Waals surface area contributed by atoms with Gasteiger partial charge in [0.05, 0.1) is 5.56 Å². The van der Waals surface area contributed by atoms with Gasteiger partial charge >= 0.3 is 0 Å². The molecule has 0 saturated carbocycles. The summed E-state index contributed by atoms with van der Waals surface area (Å²) < 4.78 is 6.19. The summed E-state index contributed by atoms with van der Waals surface area (Å²) in [5, 5.41) is 2.77. The number of ether oxygens (including phenoxy) is 1. The topological polar surface area (TPSA) is 55.4 Å². The Morgan fingerprint density at radius 2 is 2.09 bits per heavy atom. The highest BCUT2D eigenvalue weighted by atomic mass is 79.9. The maximum Gasteiger partial charge on any atom is 0.262 e. The van der Waals surface area contributed by atoms with Crippen LogP contribution in [0.5, 0.6) is 5.75 Å². The predicted octanol–water partition coefficient (Wildman–Crippen LogP) is 3.84. The minimum atomic E-state index is -0.270. The van der Waals surface area contributed by atoms with E-state index in [2.05, 4.69) is 28.2 Å². The average molecular weight is 362 g/mol. The normalized spacial score (nSPS) is 10.1. The molecule has 5 heteroatoms. The molecule has 0 aliphatic rings. The number of benzene rings is 2. The number of rotatable bonds is 6. The predicted molar refractivity (Wildman–Crippen MR) is 89.5 cm³/mol. The second-order valence-corrected chi connectivity index (χ2v) is 5.61. The van der Waals surface area contributed by atoms with E-state index in [4.69, 9.17) is 4.74 Å². The van der Waals surface area contributed by atoms with Crippen molar-refractivity contribution < 1.29 is 14.3 Å². The highest BCUT2D eigenvalue weighted by Crippen LogP contribution is 2.21. The fraction of sp³-hybridized carbons (Fsp3) is 0.176. The Morgan fingerprint density at radius 3 is 2.82 bits per heavy atom. The van der Waals surface area contributed by atoms with Gasteiger partial charge in [-0.25, -0.2) is 0 Å². The van der Waals surface area contributed by atoms with Crippen LogP contribution in [0, 0.1) is 0 Å². The molecule has 2 aromatic carbocycles. The van der Waals surface area contributed by atoms with Gasteiger partial charge in [0.15, 0.2) is 12.9 Å². The van der Waals surface area contributed by atoms with Gasteiger partial charge < -0.3 is 10.1 Å². The van der Waals surface area contributed by atoms with Crippen LogP contribution in [-0.4, -0.2) is 18.8 Å². The summed E-state index contributed by atoms with van der Waals surface area (Å²) in [5.74, 6) is 0.115. The number of aryl methyl sites for hydroxylation is 1. The van der Waals surface area contributed by atoms with E-state index in [0.29, 0.717) is 17.6 Å². The van der Waals surface area contributed by atoms with E-state index in [1.165, 1.54) is 0 Å². The molecule has 0 fully saturated rings. The van der Waals surface area contributed by atoms with Crippen LogP contribution in [0.2, 0.25) is 0 Å². The van der Waals surface area contributed by atoms with Gasteiger partial charge in [0, 0.05) is 10.2 Å². The second kappa shape index (κ2) is 7.75. The highest BCUT2D eigenvalue weighted by Gasteiger charge is 2.08. The molecule has 0 atom stereocenters. The molecule has 2 rings (SSSR count). The number of nitrogens with one attached hydrogen (secondary N) is 1. The molecule has 22 heavy (non-hydrogen) atoms. The van der Waals surface area contributed by atoms with Crippen molar-refractivity contribution in [1.29, 1.82) is 0 Å². The molecule has 0 aliphatic heterocycles. The largest absolute Gasteiger partial charge is 0.483 e. The number of hydrogen-bond donors (Lipinski definition) is 1. The third-order valence-corrected chi connectivity index (χ3v) is 3.57. The minimum Gasteiger partial charge on any atom is -0.483 e. The van der Waals surface area contributed by atoms with E-state index in [-0.39, 0.29) is 12.5 Å². The number of hydrogen-bond acceptors (Lipinski definition) is 3. The molecule has 0 unspecified atom stereocenters. The molecule has 0 spiro atoms. The fourth-order valence-electron chi connectivity index (χ4n) is 1.95. The zero-order valence-corrected chi connectivity index (χ0v) is 13.7. The first-order chi connectivity index (χ1) is 10.6. The average Bonchev–Trinajstić information content (AvgIpc) is 2.53. The zero-order chi connectivity index (χ0) is 15.9. The summed E-state index contributed by atoms with van der Waals surface area (Å²) in [4.78, 5) is 22.9.